The normalized spacial score (nSPS) is 10.5. The third-order valence-electron chi connectivity index (χ3n) is 4.12. The molecule has 0 spiro atoms. The number of hydrogen-bond acceptors (Lipinski definition) is 5. The number of halogens is 4. The van der Waals surface area contributed by atoms with E-state index in [-0.39, 0.29) is 23.3 Å². The van der Waals surface area contributed by atoms with Crippen molar-refractivity contribution in [3.63, 3.8) is 0 Å². The Hall–Kier alpha value is -3.41. The zero-order valence-electron chi connectivity index (χ0n) is 17.4. The fourth-order valence-electron chi connectivity index (χ4n) is 2.47. The Morgan fingerprint density at radius 3 is 2.03 bits per heavy atom. The van der Waals surface area contributed by atoms with E-state index in [9.17, 15) is 27.2 Å². The molecule has 172 valence electrons. The first-order valence-corrected chi connectivity index (χ1v) is 9.43. The average Bonchev–Trinajstić information content (AvgIpc) is 2.73. The summed E-state index contributed by atoms with van der Waals surface area (Å²) in [6, 6.07) is 4.41. The predicted molar refractivity (Wildman–Crippen MR) is 113 cm³/mol. The molecule has 2 aromatic rings. The average molecular weight is 473 g/mol. The largest absolute Gasteiger partial charge is 0.494 e. The van der Waals surface area contributed by atoms with Gasteiger partial charge in [0.05, 0.1) is 19.9 Å². The van der Waals surface area contributed by atoms with Crippen molar-refractivity contribution in [2.45, 2.75) is 13.8 Å². The van der Waals surface area contributed by atoms with Crippen molar-refractivity contribution in [2.75, 3.05) is 24.9 Å². The Labute approximate surface area is 186 Å². The van der Waals surface area contributed by atoms with Crippen molar-refractivity contribution in [2.24, 2.45) is 5.92 Å². The minimum Gasteiger partial charge on any atom is -0.494 e. The maximum Gasteiger partial charge on any atom is 0.263 e. The molecule has 0 saturated heterocycles. The number of methoxy groups -OCH3 is 2. The fraction of sp³-hybridized carbons (Fsp3) is 0.250. The van der Waals surface area contributed by atoms with Gasteiger partial charge in [-0.15, -0.1) is 0 Å². The molecule has 7 nitrogen and oxygen atoms in total. The van der Waals surface area contributed by atoms with E-state index < -0.39 is 45.6 Å². The molecule has 0 aliphatic rings. The second-order valence-corrected chi connectivity index (χ2v) is 7.04. The highest BCUT2D eigenvalue weighted by Crippen LogP contribution is 2.30. The first-order chi connectivity index (χ1) is 15.0. The summed E-state index contributed by atoms with van der Waals surface area (Å²) in [7, 11) is 2.18. The molecule has 0 aliphatic carbocycles. The maximum absolute atomic E-state index is 14.1. The highest BCUT2D eigenvalue weighted by atomic mass is 32.1. The standard InChI is InChI=1S/C20H19F4N3O4S/c1-8(2)18(28)26-10-6-5-9(7-11(10)30-3)25-20(32)27-19(29)12-13(21)15(23)17(31-4)16(24)14(12)22/h5-8H,1-4H3,(H,26,28)(H2,25,27,29,32). The maximum atomic E-state index is 14.1. The number of anilines is 2. The van der Waals surface area contributed by atoms with E-state index in [0.29, 0.717) is 5.69 Å². The SMILES string of the molecule is COc1cc(NC(=S)NC(=O)c2c(F)c(F)c(OC)c(F)c2F)ccc1NC(=O)C(C)C. The van der Waals surface area contributed by atoms with E-state index in [0.717, 1.165) is 7.11 Å². The summed E-state index contributed by atoms with van der Waals surface area (Å²) >= 11 is 4.92. The van der Waals surface area contributed by atoms with Crippen molar-refractivity contribution >= 4 is 40.5 Å². The van der Waals surface area contributed by atoms with Crippen molar-refractivity contribution < 1.29 is 36.6 Å². The van der Waals surface area contributed by atoms with Gasteiger partial charge in [-0.3, -0.25) is 14.9 Å². The first-order valence-electron chi connectivity index (χ1n) is 9.02. The van der Waals surface area contributed by atoms with E-state index in [1.807, 2.05) is 5.32 Å². The van der Waals surface area contributed by atoms with Gasteiger partial charge in [0.25, 0.3) is 5.91 Å². The Kier molecular flexibility index (Phi) is 7.97. The Morgan fingerprint density at radius 1 is 0.938 bits per heavy atom. The number of ether oxygens (including phenoxy) is 2. The summed E-state index contributed by atoms with van der Waals surface area (Å²) < 4.78 is 65.3. The second kappa shape index (κ2) is 10.3. The van der Waals surface area contributed by atoms with Gasteiger partial charge in [-0.1, -0.05) is 13.8 Å². The number of amides is 2. The number of carbonyl (C=O) groups is 2. The summed E-state index contributed by atoms with van der Waals surface area (Å²) in [5.74, 6) is -10.7. The van der Waals surface area contributed by atoms with Gasteiger partial charge in [0.15, 0.2) is 22.5 Å². The summed E-state index contributed by atoms with van der Waals surface area (Å²) in [6.07, 6.45) is 0. The molecule has 2 rings (SSSR count). The zero-order valence-corrected chi connectivity index (χ0v) is 18.2. The summed E-state index contributed by atoms with van der Waals surface area (Å²) in [5.41, 5.74) is -0.850. The molecule has 0 heterocycles. The third kappa shape index (κ3) is 5.25. The molecule has 3 N–H and O–H groups in total. The molecule has 0 atom stereocenters. The van der Waals surface area contributed by atoms with Crippen LogP contribution in [0.4, 0.5) is 28.9 Å². The van der Waals surface area contributed by atoms with Gasteiger partial charge < -0.3 is 20.1 Å². The van der Waals surface area contributed by atoms with Crippen LogP contribution in [0.15, 0.2) is 18.2 Å². The smallest absolute Gasteiger partial charge is 0.263 e. The lowest BCUT2D eigenvalue weighted by molar-refractivity contribution is -0.118. The highest BCUT2D eigenvalue weighted by molar-refractivity contribution is 7.80. The fourth-order valence-corrected chi connectivity index (χ4v) is 2.68. The van der Waals surface area contributed by atoms with E-state index >= 15 is 0 Å². The molecule has 2 aromatic carbocycles. The molecule has 0 fully saturated rings. The minimum absolute atomic E-state index is 0.241. The number of nitrogens with one attached hydrogen (secondary N) is 3. The van der Waals surface area contributed by atoms with Crippen LogP contribution >= 0.6 is 12.2 Å². The molecule has 0 aromatic heterocycles. The molecule has 32 heavy (non-hydrogen) atoms. The third-order valence-corrected chi connectivity index (χ3v) is 4.33. The first kappa shape index (κ1) is 24.9. The molecular weight excluding hydrogens is 454 g/mol. The van der Waals surface area contributed by atoms with Gasteiger partial charge >= 0.3 is 0 Å². The van der Waals surface area contributed by atoms with Gasteiger partial charge in [0, 0.05) is 17.7 Å². The number of rotatable bonds is 6. The lowest BCUT2D eigenvalue weighted by Crippen LogP contribution is -2.35. The Morgan fingerprint density at radius 2 is 1.53 bits per heavy atom. The van der Waals surface area contributed by atoms with Gasteiger partial charge in [-0.2, -0.15) is 8.78 Å². The van der Waals surface area contributed by atoms with Crippen LogP contribution in [0.5, 0.6) is 11.5 Å². The van der Waals surface area contributed by atoms with Crippen LogP contribution in [0, 0.1) is 29.2 Å². The van der Waals surface area contributed by atoms with E-state index in [2.05, 4.69) is 15.4 Å². The lowest BCUT2D eigenvalue weighted by atomic mass is 10.1. The van der Waals surface area contributed by atoms with E-state index in [1.165, 1.54) is 25.3 Å². The number of carbonyl (C=O) groups excluding carboxylic acids is 2. The number of benzene rings is 2. The molecule has 0 unspecified atom stereocenters. The van der Waals surface area contributed by atoms with Crippen LogP contribution in [0.2, 0.25) is 0 Å². The van der Waals surface area contributed by atoms with Gasteiger partial charge in [-0.25, -0.2) is 8.78 Å². The summed E-state index contributed by atoms with van der Waals surface area (Å²) in [4.78, 5) is 24.1. The Bertz CT molecular complexity index is 1050. The van der Waals surface area contributed by atoms with Crippen molar-refractivity contribution in [3.05, 3.63) is 47.0 Å². The van der Waals surface area contributed by atoms with Crippen LogP contribution in [-0.4, -0.2) is 31.1 Å². The monoisotopic (exact) mass is 473 g/mol. The molecule has 0 aliphatic heterocycles. The van der Waals surface area contributed by atoms with Crippen molar-refractivity contribution in [1.82, 2.24) is 5.32 Å². The van der Waals surface area contributed by atoms with Crippen molar-refractivity contribution in [1.29, 1.82) is 0 Å². The zero-order chi connectivity index (χ0) is 24.2. The predicted octanol–water partition coefficient (Wildman–Crippen LogP) is 3.98. The summed E-state index contributed by atoms with van der Waals surface area (Å²) in [6.45, 7) is 3.43. The van der Waals surface area contributed by atoms with E-state index in [1.54, 1.807) is 13.8 Å². The van der Waals surface area contributed by atoms with E-state index in [4.69, 9.17) is 17.0 Å². The van der Waals surface area contributed by atoms with Gasteiger partial charge in [0.2, 0.25) is 17.5 Å². The van der Waals surface area contributed by atoms with Gasteiger partial charge in [-0.05, 0) is 24.4 Å². The topological polar surface area (TPSA) is 88.7 Å². The molecule has 0 bridgehead atoms. The highest BCUT2D eigenvalue weighted by Gasteiger charge is 2.30. The lowest BCUT2D eigenvalue weighted by Gasteiger charge is -2.15. The number of thiocarbonyl (C=S) groups is 1. The molecule has 12 heteroatoms. The second-order valence-electron chi connectivity index (χ2n) is 6.63. The quantitative estimate of drug-likeness (QED) is 0.334. The Balaban J connectivity index is 2.20. The van der Waals surface area contributed by atoms with Crippen LogP contribution < -0.4 is 25.4 Å². The molecule has 0 saturated carbocycles. The molecular formula is C20H19F4N3O4S. The van der Waals surface area contributed by atoms with Crippen molar-refractivity contribution in [3.8, 4) is 11.5 Å². The molecule has 2 amide bonds. The van der Waals surface area contributed by atoms with Crippen LogP contribution in [-0.2, 0) is 4.79 Å². The minimum atomic E-state index is -1.94. The summed E-state index contributed by atoms with van der Waals surface area (Å²) in [5, 5.41) is 6.74. The molecule has 0 radical (unpaired) electrons. The van der Waals surface area contributed by atoms with Crippen LogP contribution in [0.3, 0.4) is 0 Å². The van der Waals surface area contributed by atoms with Gasteiger partial charge in [0.1, 0.15) is 11.3 Å². The number of hydrogen-bond donors (Lipinski definition) is 3. The van der Waals surface area contributed by atoms with Crippen LogP contribution in [0.1, 0.15) is 24.2 Å². The van der Waals surface area contributed by atoms with Crippen LogP contribution in [0.25, 0.3) is 0 Å².